The van der Waals surface area contributed by atoms with Crippen molar-refractivity contribution >= 4 is 59.2 Å². The first kappa shape index (κ1) is 67.2. The fourth-order valence-electron chi connectivity index (χ4n) is 7.80. The highest BCUT2D eigenvalue weighted by Gasteiger charge is 2.34. The normalized spacial score (nSPS) is 13.4. The molecule has 0 aliphatic heterocycles. The molecule has 0 saturated heterocycles. The smallest absolute Gasteiger partial charge is 0.245 e. The number of aliphatic imine (C=N–C) groups is 2. The molecule has 0 radical (unpaired) electrons. The van der Waals surface area contributed by atoms with Gasteiger partial charge in [0.25, 0.3) is 0 Å². The van der Waals surface area contributed by atoms with E-state index in [1.807, 2.05) is 13.8 Å². The fourth-order valence-corrected chi connectivity index (χ4v) is 7.80. The van der Waals surface area contributed by atoms with E-state index in [-0.39, 0.29) is 94.8 Å². The molecule has 0 heterocycles. The van der Waals surface area contributed by atoms with Crippen LogP contribution >= 0.6 is 0 Å². The van der Waals surface area contributed by atoms with Gasteiger partial charge in [0.05, 0.1) is 19.1 Å². The van der Waals surface area contributed by atoms with Crippen LogP contribution in [0.25, 0.3) is 0 Å². The number of phenolic OH excluding ortho intramolecular Hbond substituents is 1. The second-order valence-corrected chi connectivity index (χ2v) is 19.1. The van der Waals surface area contributed by atoms with E-state index >= 15 is 0 Å². The standard InChI is InChI=1S/C49H90N18O9/c1-4-12-35(62-43(72)36(14-10-24-60-49(57)58)61-41(70)30-67(25-8-6-5-7-21-50)46(75)34(53)13-9-23-59-48(55)56)42(71)64-38(27-32-16-18-33(68)19-17-32)44(73)65-39(28-52)45(74)63-37(20-15-31(2)3)47(76)66(26-11-22-51)29-40(54)69/h16-19,31,34-39,68H,4-15,20-30,50-53H2,1-3H3,(H2,54,69)(H,61,70)(H,62,72)(H,63,74)(H,64,71)(H,65,73)(H4,55,56,59)(H4,57,58,60)/t34-,35-,36-,37?,38-,39-/m0/s1. The van der Waals surface area contributed by atoms with E-state index in [2.05, 4.69) is 36.6 Å². The fraction of sp³-hybridized carbons (Fsp3) is 0.673. The van der Waals surface area contributed by atoms with Crippen LogP contribution < -0.4 is 78.2 Å². The van der Waals surface area contributed by atoms with Crippen molar-refractivity contribution < 1.29 is 43.5 Å². The molecule has 1 unspecified atom stereocenters. The zero-order chi connectivity index (χ0) is 57.2. The summed E-state index contributed by atoms with van der Waals surface area (Å²) in [4.78, 5) is 120. The Morgan fingerprint density at radius 3 is 1.61 bits per heavy atom. The number of benzene rings is 1. The van der Waals surface area contributed by atoms with Gasteiger partial charge in [-0.2, -0.15) is 0 Å². The summed E-state index contributed by atoms with van der Waals surface area (Å²) in [5, 5.41) is 23.4. The van der Waals surface area contributed by atoms with Crippen LogP contribution in [-0.4, -0.2) is 169 Å². The van der Waals surface area contributed by atoms with E-state index in [9.17, 15) is 43.5 Å². The van der Waals surface area contributed by atoms with Crippen molar-refractivity contribution in [2.45, 2.75) is 147 Å². The first-order valence-corrected chi connectivity index (χ1v) is 26.2. The maximum atomic E-state index is 14.3. The molecule has 27 nitrogen and oxygen atoms in total. The Morgan fingerprint density at radius 1 is 0.553 bits per heavy atom. The topological polar surface area (TPSA) is 482 Å². The van der Waals surface area contributed by atoms with Gasteiger partial charge in [-0.05, 0) is 101 Å². The maximum absolute atomic E-state index is 14.3. The van der Waals surface area contributed by atoms with E-state index in [0.717, 1.165) is 19.3 Å². The molecule has 0 aliphatic rings. The van der Waals surface area contributed by atoms with Gasteiger partial charge in [-0.3, -0.25) is 48.3 Å². The summed E-state index contributed by atoms with van der Waals surface area (Å²) < 4.78 is 0. The Bertz CT molecular complexity index is 2020. The molecule has 1 aromatic carbocycles. The van der Waals surface area contributed by atoms with Gasteiger partial charge in [0, 0.05) is 39.1 Å². The molecule has 0 aromatic heterocycles. The van der Waals surface area contributed by atoms with Gasteiger partial charge in [-0.1, -0.05) is 52.2 Å². The number of carbonyl (C=O) groups excluding carboxylic acids is 8. The highest BCUT2D eigenvalue weighted by atomic mass is 16.3. The number of guanidine groups is 2. The Kier molecular flexibility index (Phi) is 33.4. The Balaban J connectivity index is 3.51. The summed E-state index contributed by atoms with van der Waals surface area (Å²) in [6.07, 6.45) is 5.07. The second kappa shape index (κ2) is 37.8. The van der Waals surface area contributed by atoms with Crippen molar-refractivity contribution in [3.8, 4) is 5.75 Å². The number of rotatable bonds is 40. The van der Waals surface area contributed by atoms with Crippen molar-refractivity contribution in [3.63, 3.8) is 0 Å². The number of primary amides is 1. The van der Waals surface area contributed by atoms with Crippen LogP contribution in [0.4, 0.5) is 0 Å². The lowest BCUT2D eigenvalue weighted by atomic mass is 10.0. The number of hydrogen-bond donors (Lipinski definition) is 15. The lowest BCUT2D eigenvalue weighted by Crippen LogP contribution is -2.61. The van der Waals surface area contributed by atoms with Crippen LogP contribution in [0.1, 0.15) is 110 Å². The van der Waals surface area contributed by atoms with Crippen molar-refractivity contribution in [1.29, 1.82) is 0 Å². The highest BCUT2D eigenvalue weighted by molar-refractivity contribution is 5.97. The number of hydrogen-bond acceptors (Lipinski definition) is 15. The van der Waals surface area contributed by atoms with Gasteiger partial charge in [0.15, 0.2) is 11.9 Å². The summed E-state index contributed by atoms with van der Waals surface area (Å²) in [6, 6.07) is -1.61. The third-order valence-electron chi connectivity index (χ3n) is 11.9. The average molecular weight is 1080 g/mol. The first-order chi connectivity index (χ1) is 36.1. The second-order valence-electron chi connectivity index (χ2n) is 19.1. The number of unbranched alkanes of at least 4 members (excludes halogenated alkanes) is 3. The number of nitrogens with one attached hydrogen (secondary N) is 5. The van der Waals surface area contributed by atoms with Crippen molar-refractivity contribution in [2.24, 2.45) is 67.5 Å². The molecule has 6 atom stereocenters. The van der Waals surface area contributed by atoms with E-state index in [0.29, 0.717) is 44.2 Å². The van der Waals surface area contributed by atoms with Crippen molar-refractivity contribution in [2.75, 3.05) is 58.9 Å². The zero-order valence-corrected chi connectivity index (χ0v) is 44.8. The van der Waals surface area contributed by atoms with Crippen LogP contribution in [0.2, 0.25) is 0 Å². The Labute approximate surface area is 446 Å². The molecule has 0 spiro atoms. The minimum Gasteiger partial charge on any atom is -0.508 e. The minimum absolute atomic E-state index is 0.00137. The van der Waals surface area contributed by atoms with E-state index < -0.39 is 103 Å². The summed E-state index contributed by atoms with van der Waals surface area (Å²) in [6.45, 7) is 5.73. The molecule has 0 aliphatic carbocycles. The molecule has 8 amide bonds. The van der Waals surface area contributed by atoms with Crippen LogP contribution in [0.5, 0.6) is 5.75 Å². The van der Waals surface area contributed by atoms with E-state index in [1.165, 1.54) is 34.1 Å². The molecular weight excluding hydrogens is 985 g/mol. The molecule has 27 heteroatoms. The van der Waals surface area contributed by atoms with Crippen molar-refractivity contribution in [3.05, 3.63) is 29.8 Å². The zero-order valence-electron chi connectivity index (χ0n) is 44.8. The molecule has 1 aromatic rings. The van der Waals surface area contributed by atoms with Gasteiger partial charge < -0.3 is 93.1 Å². The number of aromatic hydroxyl groups is 1. The predicted octanol–water partition coefficient (Wildman–Crippen LogP) is -4.00. The minimum atomic E-state index is -1.42. The van der Waals surface area contributed by atoms with E-state index in [1.54, 1.807) is 6.92 Å². The molecule has 430 valence electrons. The Morgan fingerprint density at radius 2 is 1.05 bits per heavy atom. The van der Waals surface area contributed by atoms with Gasteiger partial charge in [0.1, 0.15) is 36.0 Å². The summed E-state index contributed by atoms with van der Waals surface area (Å²) in [7, 11) is 0. The predicted molar refractivity (Wildman–Crippen MR) is 291 cm³/mol. The molecule has 24 N–H and O–H groups in total. The lowest BCUT2D eigenvalue weighted by molar-refractivity contribution is -0.140. The quantitative estimate of drug-likeness (QED) is 0.0169. The molecule has 0 bridgehead atoms. The monoisotopic (exact) mass is 1070 g/mol. The SMILES string of the molecule is CCC[C@H](NC(=O)[C@H](CCCN=C(N)N)NC(=O)CN(CCCCCCN)C(=O)[C@@H](N)CCCN=C(N)N)C(=O)N[C@@H](Cc1ccc(O)cc1)C(=O)N[C@@H](CN)C(=O)NC(CCC(C)C)C(=O)N(CCCN)CC(N)=O. The number of nitrogens with two attached hydrogens (primary N) is 9. The summed E-state index contributed by atoms with van der Waals surface area (Å²) in [5.41, 5.74) is 51.5. The van der Waals surface area contributed by atoms with Gasteiger partial charge in [-0.25, -0.2) is 0 Å². The molecule has 0 fully saturated rings. The summed E-state index contributed by atoms with van der Waals surface area (Å²) >= 11 is 0. The first-order valence-electron chi connectivity index (χ1n) is 26.2. The van der Waals surface area contributed by atoms with Crippen LogP contribution in [0.15, 0.2) is 34.3 Å². The Hall–Kier alpha value is -6.84. The van der Waals surface area contributed by atoms with E-state index in [4.69, 9.17) is 51.6 Å². The lowest BCUT2D eigenvalue weighted by Gasteiger charge is -2.29. The molecule has 1 rings (SSSR count). The van der Waals surface area contributed by atoms with Gasteiger partial charge in [0.2, 0.25) is 47.3 Å². The molecule has 0 saturated carbocycles. The number of carbonyl (C=O) groups is 8. The van der Waals surface area contributed by atoms with Gasteiger partial charge >= 0.3 is 0 Å². The van der Waals surface area contributed by atoms with Crippen LogP contribution in [0.3, 0.4) is 0 Å². The average Bonchev–Trinajstić information content (AvgIpc) is 3.36. The largest absolute Gasteiger partial charge is 0.508 e. The highest BCUT2D eigenvalue weighted by Crippen LogP contribution is 2.14. The number of amides is 8. The van der Waals surface area contributed by atoms with Crippen LogP contribution in [0, 0.1) is 5.92 Å². The molecule has 76 heavy (non-hydrogen) atoms. The maximum Gasteiger partial charge on any atom is 0.245 e. The van der Waals surface area contributed by atoms with Gasteiger partial charge in [-0.15, -0.1) is 0 Å². The third kappa shape index (κ3) is 28.2. The number of nitrogens with zero attached hydrogens (tertiary/aromatic N) is 4. The van der Waals surface area contributed by atoms with Crippen molar-refractivity contribution in [1.82, 2.24) is 36.4 Å². The molecular formula is C49H90N18O9. The number of phenols is 1. The summed E-state index contributed by atoms with van der Waals surface area (Å²) in [5.74, 6) is -5.95. The van der Waals surface area contributed by atoms with Crippen LogP contribution in [-0.2, 0) is 44.8 Å². The third-order valence-corrected chi connectivity index (χ3v) is 11.9.